The molecule has 3 heterocycles. The van der Waals surface area contributed by atoms with Crippen molar-refractivity contribution in [1.82, 2.24) is 19.6 Å². The molecule has 0 N–H and O–H groups in total. The number of likely N-dealkylation sites (tertiary alicyclic amines) is 1. The first-order valence-electron chi connectivity index (χ1n) is 8.64. The highest BCUT2D eigenvalue weighted by atomic mass is 19.1. The molecule has 2 aromatic heterocycles. The molecule has 0 unspecified atom stereocenters. The molecule has 1 saturated heterocycles. The van der Waals surface area contributed by atoms with Gasteiger partial charge in [-0.3, -0.25) is 14.4 Å². The number of halogens is 1. The second kappa shape index (κ2) is 7.82. The maximum absolute atomic E-state index is 14.0. The van der Waals surface area contributed by atoms with E-state index in [1.54, 1.807) is 29.1 Å². The Morgan fingerprint density at radius 1 is 1.48 bits per heavy atom. The van der Waals surface area contributed by atoms with Gasteiger partial charge >= 0.3 is 0 Å². The molecular weight excluding hydrogens is 323 g/mol. The fraction of sp³-hybridized carbons (Fsp3) is 0.556. The summed E-state index contributed by atoms with van der Waals surface area (Å²) < 4.78 is 21.0. The lowest BCUT2D eigenvalue weighted by Crippen LogP contribution is -2.41. The third-order valence-corrected chi connectivity index (χ3v) is 4.84. The number of carbonyl (C=O) groups excluding carboxylic acids is 1. The minimum Gasteiger partial charge on any atom is -0.469 e. The van der Waals surface area contributed by atoms with E-state index in [1.807, 2.05) is 25.2 Å². The van der Waals surface area contributed by atoms with Crippen molar-refractivity contribution in [1.29, 1.82) is 0 Å². The highest BCUT2D eigenvalue weighted by Gasteiger charge is 2.33. The predicted molar refractivity (Wildman–Crippen MR) is 91.6 cm³/mol. The number of amides is 1. The quantitative estimate of drug-likeness (QED) is 0.768. The third-order valence-electron chi connectivity index (χ3n) is 4.84. The molecule has 25 heavy (non-hydrogen) atoms. The van der Waals surface area contributed by atoms with E-state index >= 15 is 0 Å². The molecule has 3 rings (SSSR count). The van der Waals surface area contributed by atoms with Gasteiger partial charge in [-0.05, 0) is 24.6 Å². The SMILES string of the molecule is CN(C[C@@H]1C[C@H](F)CN1Cc1ccnn1C)C(=O)CCc1ccco1. The first-order valence-corrected chi connectivity index (χ1v) is 8.64. The number of hydrogen-bond acceptors (Lipinski definition) is 4. The van der Waals surface area contributed by atoms with E-state index in [-0.39, 0.29) is 11.9 Å². The number of furan rings is 1. The smallest absolute Gasteiger partial charge is 0.222 e. The molecule has 2 aromatic rings. The number of aromatic nitrogens is 2. The molecule has 0 saturated carbocycles. The average molecular weight is 348 g/mol. The van der Waals surface area contributed by atoms with Crippen LogP contribution in [0.2, 0.25) is 0 Å². The van der Waals surface area contributed by atoms with Gasteiger partial charge in [0.2, 0.25) is 5.91 Å². The summed E-state index contributed by atoms with van der Waals surface area (Å²) in [4.78, 5) is 16.2. The van der Waals surface area contributed by atoms with E-state index < -0.39 is 6.17 Å². The standard InChI is InChI=1S/C18H25FN4O2/c1-21(18(24)6-5-17-4-3-9-25-17)12-16-10-14(19)11-23(16)13-15-7-8-20-22(15)2/h3-4,7-9,14,16H,5-6,10-13H2,1-2H3/t14-,16-/m0/s1. The zero-order valence-corrected chi connectivity index (χ0v) is 14.8. The lowest BCUT2D eigenvalue weighted by molar-refractivity contribution is -0.130. The van der Waals surface area contributed by atoms with E-state index in [1.165, 1.54) is 0 Å². The van der Waals surface area contributed by atoms with Crippen LogP contribution in [0.4, 0.5) is 4.39 Å². The number of carbonyl (C=O) groups is 1. The largest absolute Gasteiger partial charge is 0.469 e. The fourth-order valence-electron chi connectivity index (χ4n) is 3.36. The van der Waals surface area contributed by atoms with Crippen molar-refractivity contribution in [2.24, 2.45) is 7.05 Å². The average Bonchev–Trinajstić information content (AvgIpc) is 3.29. The van der Waals surface area contributed by atoms with Gasteiger partial charge < -0.3 is 9.32 Å². The van der Waals surface area contributed by atoms with E-state index in [2.05, 4.69) is 10.00 Å². The van der Waals surface area contributed by atoms with Gasteiger partial charge in [0.25, 0.3) is 0 Å². The van der Waals surface area contributed by atoms with Gasteiger partial charge in [-0.15, -0.1) is 0 Å². The highest BCUT2D eigenvalue weighted by molar-refractivity contribution is 5.76. The van der Waals surface area contributed by atoms with E-state index in [9.17, 15) is 9.18 Å². The zero-order valence-electron chi connectivity index (χ0n) is 14.8. The number of alkyl halides is 1. The number of likely N-dealkylation sites (N-methyl/N-ethyl adjacent to an activating group) is 1. The van der Waals surface area contributed by atoms with Crippen molar-refractivity contribution in [3.05, 3.63) is 42.1 Å². The Hall–Kier alpha value is -2.15. The van der Waals surface area contributed by atoms with Crippen LogP contribution in [0.25, 0.3) is 0 Å². The van der Waals surface area contributed by atoms with Crippen LogP contribution in [0.3, 0.4) is 0 Å². The number of nitrogens with zero attached hydrogens (tertiary/aromatic N) is 4. The Morgan fingerprint density at radius 2 is 2.32 bits per heavy atom. The van der Waals surface area contributed by atoms with Gasteiger partial charge in [-0.1, -0.05) is 0 Å². The molecule has 136 valence electrons. The van der Waals surface area contributed by atoms with Gasteiger partial charge in [0.1, 0.15) is 11.9 Å². The fourth-order valence-corrected chi connectivity index (χ4v) is 3.36. The van der Waals surface area contributed by atoms with Crippen LogP contribution in [0.5, 0.6) is 0 Å². The van der Waals surface area contributed by atoms with E-state index in [0.29, 0.717) is 38.9 Å². The van der Waals surface area contributed by atoms with Crippen LogP contribution < -0.4 is 0 Å². The number of hydrogen-bond donors (Lipinski definition) is 0. The minimum absolute atomic E-state index is 0.0301. The molecule has 0 bridgehead atoms. The third kappa shape index (κ3) is 4.48. The topological polar surface area (TPSA) is 54.5 Å². The summed E-state index contributed by atoms with van der Waals surface area (Å²) in [5, 5.41) is 4.16. The molecule has 2 atom stereocenters. The molecule has 0 spiro atoms. The van der Waals surface area contributed by atoms with Gasteiger partial charge in [0.15, 0.2) is 0 Å². The van der Waals surface area contributed by atoms with Crippen molar-refractivity contribution >= 4 is 5.91 Å². The molecule has 0 aliphatic carbocycles. The normalized spacial score (nSPS) is 20.9. The second-order valence-electron chi connectivity index (χ2n) is 6.72. The molecule has 1 aliphatic rings. The maximum atomic E-state index is 14.0. The van der Waals surface area contributed by atoms with Crippen molar-refractivity contribution < 1.29 is 13.6 Å². The Bertz CT molecular complexity index is 685. The maximum Gasteiger partial charge on any atom is 0.222 e. The summed E-state index contributed by atoms with van der Waals surface area (Å²) in [6, 6.07) is 5.66. The van der Waals surface area contributed by atoms with Crippen LogP contribution >= 0.6 is 0 Å². The van der Waals surface area contributed by atoms with Gasteiger partial charge in [0.05, 0.1) is 12.0 Å². The molecule has 1 fully saturated rings. The van der Waals surface area contributed by atoms with Crippen LogP contribution in [-0.2, 0) is 24.8 Å². The molecule has 1 aliphatic heterocycles. The Morgan fingerprint density at radius 3 is 3.00 bits per heavy atom. The first-order chi connectivity index (χ1) is 12.0. The summed E-state index contributed by atoms with van der Waals surface area (Å²) in [7, 11) is 3.68. The monoisotopic (exact) mass is 348 g/mol. The van der Waals surface area contributed by atoms with Crippen molar-refractivity contribution in [2.45, 2.75) is 38.0 Å². The van der Waals surface area contributed by atoms with Gasteiger partial charge in [-0.25, -0.2) is 4.39 Å². The van der Waals surface area contributed by atoms with Gasteiger partial charge in [-0.2, -0.15) is 5.10 Å². The summed E-state index contributed by atoms with van der Waals surface area (Å²) in [5.41, 5.74) is 1.05. The number of rotatable bonds is 7. The van der Waals surface area contributed by atoms with Gasteiger partial charge in [0, 0.05) is 58.8 Å². The Labute approximate surface area is 147 Å². The zero-order chi connectivity index (χ0) is 17.8. The molecule has 7 heteroatoms. The number of aryl methyl sites for hydroxylation is 2. The second-order valence-corrected chi connectivity index (χ2v) is 6.72. The molecule has 0 aromatic carbocycles. The summed E-state index contributed by atoms with van der Waals surface area (Å²) in [6.07, 6.45) is 3.97. The van der Waals surface area contributed by atoms with Crippen molar-refractivity contribution in [3.63, 3.8) is 0 Å². The summed E-state index contributed by atoms with van der Waals surface area (Å²) in [6.45, 7) is 1.59. The van der Waals surface area contributed by atoms with Crippen molar-refractivity contribution in [3.8, 4) is 0 Å². The van der Waals surface area contributed by atoms with Crippen LogP contribution in [0.1, 0.15) is 24.3 Å². The Balaban J connectivity index is 1.53. The lowest BCUT2D eigenvalue weighted by Gasteiger charge is -2.28. The van der Waals surface area contributed by atoms with Crippen LogP contribution in [-0.4, -0.2) is 57.8 Å². The molecular formula is C18H25FN4O2. The highest BCUT2D eigenvalue weighted by Crippen LogP contribution is 2.23. The van der Waals surface area contributed by atoms with Crippen LogP contribution in [0.15, 0.2) is 35.1 Å². The summed E-state index contributed by atoms with van der Waals surface area (Å²) >= 11 is 0. The van der Waals surface area contributed by atoms with Crippen LogP contribution in [0, 0.1) is 0 Å². The predicted octanol–water partition coefficient (Wildman–Crippen LogP) is 2.02. The van der Waals surface area contributed by atoms with Crippen molar-refractivity contribution in [2.75, 3.05) is 20.1 Å². The molecule has 1 amide bonds. The van der Waals surface area contributed by atoms with E-state index in [4.69, 9.17) is 4.42 Å². The lowest BCUT2D eigenvalue weighted by atomic mass is 10.1. The Kier molecular flexibility index (Phi) is 5.53. The molecule has 0 radical (unpaired) electrons. The minimum atomic E-state index is -0.843. The van der Waals surface area contributed by atoms with E-state index in [0.717, 1.165) is 11.5 Å². The summed E-state index contributed by atoms with van der Waals surface area (Å²) in [5.74, 6) is 0.864. The molecule has 6 nitrogen and oxygen atoms in total. The first kappa shape index (κ1) is 17.7.